The van der Waals surface area contributed by atoms with Gasteiger partial charge in [-0.2, -0.15) is 0 Å². The van der Waals surface area contributed by atoms with E-state index >= 15 is 0 Å². The first-order chi connectivity index (χ1) is 11.6. The number of carbonyl (C=O) groups excluding carboxylic acids is 3. The third kappa shape index (κ3) is 6.21. The summed E-state index contributed by atoms with van der Waals surface area (Å²) < 4.78 is 10.3. The molecule has 1 rings (SSSR count). The number of amides is 1. The molecule has 0 bridgehead atoms. The van der Waals surface area contributed by atoms with Gasteiger partial charge >= 0.3 is 5.97 Å². The molecule has 138 valence electrons. The van der Waals surface area contributed by atoms with Crippen molar-refractivity contribution in [1.29, 1.82) is 0 Å². The number of hydrogen-bond donors (Lipinski definition) is 1. The summed E-state index contributed by atoms with van der Waals surface area (Å²) >= 11 is 0. The Labute approximate surface area is 148 Å². The van der Waals surface area contributed by atoms with Crippen LogP contribution in [0.5, 0.6) is 5.75 Å². The van der Waals surface area contributed by atoms with E-state index in [1.165, 1.54) is 13.2 Å². The fourth-order valence-corrected chi connectivity index (χ4v) is 1.85. The van der Waals surface area contributed by atoms with Crippen LogP contribution in [0.2, 0.25) is 0 Å². The van der Waals surface area contributed by atoms with E-state index in [4.69, 9.17) is 9.47 Å². The number of esters is 1. The number of methoxy groups -OCH3 is 1. The lowest BCUT2D eigenvalue weighted by atomic mass is 9.94. The minimum absolute atomic E-state index is 0.120. The Bertz CT molecular complexity index is 631. The van der Waals surface area contributed by atoms with Gasteiger partial charge < -0.3 is 14.8 Å². The molecule has 1 amide bonds. The molecule has 0 fully saturated rings. The average molecular weight is 349 g/mol. The smallest absolute Gasteiger partial charge is 0.336 e. The highest BCUT2D eigenvalue weighted by atomic mass is 16.5. The van der Waals surface area contributed by atoms with Crippen molar-refractivity contribution in [3.8, 4) is 5.75 Å². The van der Waals surface area contributed by atoms with Crippen LogP contribution in [0.15, 0.2) is 24.3 Å². The summed E-state index contributed by atoms with van der Waals surface area (Å²) in [5, 5.41) is 2.51. The topological polar surface area (TPSA) is 81.7 Å². The standard InChI is InChI=1S/C19H27NO5/c1-12(2)11-25-17(22)15(20-18(23)19(3,4)5)16(21)13-8-7-9-14(10-13)24-6/h7-10,12,15H,11H2,1-6H3,(H,20,23). The molecule has 0 aliphatic heterocycles. The molecule has 1 aromatic rings. The average Bonchev–Trinajstić information content (AvgIpc) is 2.55. The van der Waals surface area contributed by atoms with Crippen molar-refractivity contribution in [1.82, 2.24) is 5.32 Å². The maximum absolute atomic E-state index is 12.8. The number of rotatable bonds is 7. The van der Waals surface area contributed by atoms with Crippen LogP contribution in [0.25, 0.3) is 0 Å². The largest absolute Gasteiger partial charge is 0.497 e. The van der Waals surface area contributed by atoms with Gasteiger partial charge in [0.05, 0.1) is 13.7 Å². The number of hydrogen-bond acceptors (Lipinski definition) is 5. The molecule has 6 heteroatoms. The van der Waals surface area contributed by atoms with Gasteiger partial charge in [0.15, 0.2) is 11.8 Å². The van der Waals surface area contributed by atoms with Gasteiger partial charge in [0.1, 0.15) is 5.75 Å². The third-order valence-corrected chi connectivity index (χ3v) is 3.37. The predicted molar refractivity (Wildman–Crippen MR) is 94.5 cm³/mol. The Balaban J connectivity index is 3.08. The minimum Gasteiger partial charge on any atom is -0.497 e. The molecule has 1 N–H and O–H groups in total. The second-order valence-electron chi connectivity index (χ2n) is 7.28. The summed E-state index contributed by atoms with van der Waals surface area (Å²) in [4.78, 5) is 37.5. The van der Waals surface area contributed by atoms with Crippen LogP contribution < -0.4 is 10.1 Å². The first-order valence-corrected chi connectivity index (χ1v) is 8.22. The minimum atomic E-state index is -1.39. The predicted octanol–water partition coefficient (Wildman–Crippen LogP) is 2.61. The maximum Gasteiger partial charge on any atom is 0.336 e. The van der Waals surface area contributed by atoms with E-state index < -0.39 is 29.1 Å². The summed E-state index contributed by atoms with van der Waals surface area (Å²) in [5.41, 5.74) is -0.481. The summed E-state index contributed by atoms with van der Waals surface area (Å²) in [5.74, 6) is -1.10. The fourth-order valence-electron chi connectivity index (χ4n) is 1.85. The van der Waals surface area contributed by atoms with E-state index in [1.807, 2.05) is 13.8 Å². The highest BCUT2D eigenvalue weighted by molar-refractivity contribution is 6.14. The van der Waals surface area contributed by atoms with Gasteiger partial charge in [-0.25, -0.2) is 4.79 Å². The molecule has 0 radical (unpaired) electrons. The quantitative estimate of drug-likeness (QED) is 0.465. The number of ketones is 1. The molecule has 0 heterocycles. The van der Waals surface area contributed by atoms with Gasteiger partial charge in [-0.05, 0) is 18.1 Å². The molecule has 0 aliphatic carbocycles. The second-order valence-corrected chi connectivity index (χ2v) is 7.28. The Morgan fingerprint density at radius 3 is 2.32 bits per heavy atom. The van der Waals surface area contributed by atoms with E-state index in [0.29, 0.717) is 5.75 Å². The molecule has 1 aromatic carbocycles. The number of Topliss-reactive ketones (excluding diaryl/α,β-unsaturated/α-hetero) is 1. The van der Waals surface area contributed by atoms with Crippen molar-refractivity contribution < 1.29 is 23.9 Å². The highest BCUT2D eigenvalue weighted by Gasteiger charge is 2.34. The summed E-state index contributed by atoms with van der Waals surface area (Å²) in [6.07, 6.45) is 0. The molecule has 0 spiro atoms. The first kappa shape index (κ1) is 20.7. The second kappa shape index (κ2) is 8.65. The van der Waals surface area contributed by atoms with Gasteiger partial charge in [0, 0.05) is 11.0 Å². The highest BCUT2D eigenvalue weighted by Crippen LogP contribution is 2.17. The normalized spacial score (nSPS) is 12.4. The van der Waals surface area contributed by atoms with Crippen LogP contribution in [0, 0.1) is 11.3 Å². The van der Waals surface area contributed by atoms with Crippen molar-refractivity contribution in [2.75, 3.05) is 13.7 Å². The fraction of sp³-hybridized carbons (Fsp3) is 0.526. The lowest BCUT2D eigenvalue weighted by molar-refractivity contribution is -0.148. The van der Waals surface area contributed by atoms with Gasteiger partial charge in [-0.3, -0.25) is 9.59 Å². The molecule has 0 aromatic heterocycles. The SMILES string of the molecule is COc1cccc(C(=O)C(NC(=O)C(C)(C)C)C(=O)OCC(C)C)c1. The lowest BCUT2D eigenvalue weighted by Gasteiger charge is -2.23. The number of benzene rings is 1. The van der Waals surface area contributed by atoms with Crippen LogP contribution >= 0.6 is 0 Å². The Morgan fingerprint density at radius 2 is 1.80 bits per heavy atom. The number of nitrogens with one attached hydrogen (secondary N) is 1. The molecule has 1 atom stereocenters. The van der Waals surface area contributed by atoms with Gasteiger partial charge in [-0.1, -0.05) is 46.8 Å². The molecule has 0 saturated carbocycles. The summed E-state index contributed by atoms with van der Waals surface area (Å²) in [6, 6.07) is 5.04. The zero-order chi connectivity index (χ0) is 19.2. The number of carbonyl (C=O) groups is 3. The summed E-state index contributed by atoms with van der Waals surface area (Å²) in [6.45, 7) is 9.06. The molecule has 0 aliphatic rings. The Kier molecular flexibility index (Phi) is 7.15. The molecule has 0 saturated heterocycles. The van der Waals surface area contributed by atoms with E-state index in [9.17, 15) is 14.4 Å². The van der Waals surface area contributed by atoms with Crippen molar-refractivity contribution in [3.63, 3.8) is 0 Å². The van der Waals surface area contributed by atoms with Gasteiger partial charge in [0.25, 0.3) is 0 Å². The van der Waals surface area contributed by atoms with E-state index in [0.717, 1.165) is 0 Å². The van der Waals surface area contributed by atoms with Crippen molar-refractivity contribution >= 4 is 17.7 Å². The number of ether oxygens (including phenoxy) is 2. The molecular formula is C19H27NO5. The van der Waals surface area contributed by atoms with Crippen LogP contribution in [-0.2, 0) is 14.3 Å². The van der Waals surface area contributed by atoms with E-state index in [1.54, 1.807) is 39.0 Å². The summed E-state index contributed by atoms with van der Waals surface area (Å²) in [7, 11) is 1.49. The van der Waals surface area contributed by atoms with Crippen LogP contribution in [0.3, 0.4) is 0 Å². The zero-order valence-electron chi connectivity index (χ0n) is 15.7. The van der Waals surface area contributed by atoms with Crippen LogP contribution in [0.1, 0.15) is 45.0 Å². The van der Waals surface area contributed by atoms with Crippen LogP contribution in [-0.4, -0.2) is 37.4 Å². The molecule has 25 heavy (non-hydrogen) atoms. The van der Waals surface area contributed by atoms with Crippen molar-refractivity contribution in [2.45, 2.75) is 40.7 Å². The van der Waals surface area contributed by atoms with Crippen molar-refractivity contribution in [3.05, 3.63) is 29.8 Å². The maximum atomic E-state index is 12.8. The monoisotopic (exact) mass is 349 g/mol. The first-order valence-electron chi connectivity index (χ1n) is 8.22. The molecule has 1 unspecified atom stereocenters. The van der Waals surface area contributed by atoms with Gasteiger partial charge in [-0.15, -0.1) is 0 Å². The van der Waals surface area contributed by atoms with Crippen LogP contribution in [0.4, 0.5) is 0 Å². The van der Waals surface area contributed by atoms with E-state index in [-0.39, 0.29) is 18.1 Å². The Morgan fingerprint density at radius 1 is 1.16 bits per heavy atom. The third-order valence-electron chi connectivity index (χ3n) is 3.37. The molecular weight excluding hydrogens is 322 g/mol. The van der Waals surface area contributed by atoms with Crippen molar-refractivity contribution in [2.24, 2.45) is 11.3 Å². The Hall–Kier alpha value is -2.37. The zero-order valence-corrected chi connectivity index (χ0v) is 15.7. The molecule has 6 nitrogen and oxygen atoms in total. The lowest BCUT2D eigenvalue weighted by Crippen LogP contribution is -2.50. The van der Waals surface area contributed by atoms with E-state index in [2.05, 4.69) is 5.32 Å². The van der Waals surface area contributed by atoms with Gasteiger partial charge in [0.2, 0.25) is 5.91 Å².